The molecule has 0 amide bonds. The highest BCUT2D eigenvalue weighted by molar-refractivity contribution is 9.10. The molecule has 0 aliphatic heterocycles. The molecule has 0 heterocycles. The van der Waals surface area contributed by atoms with E-state index in [9.17, 15) is 5.26 Å². The number of benzene rings is 2. The van der Waals surface area contributed by atoms with E-state index in [4.69, 9.17) is 0 Å². The molecule has 2 aromatic rings. The van der Waals surface area contributed by atoms with Crippen LogP contribution in [0.15, 0.2) is 40.9 Å². The molecule has 0 atom stereocenters. The number of nitrogens with one attached hydrogen (secondary N) is 1. The van der Waals surface area contributed by atoms with Crippen LogP contribution in [0.1, 0.15) is 22.3 Å². The second-order valence-electron chi connectivity index (χ2n) is 4.55. The van der Waals surface area contributed by atoms with Gasteiger partial charge in [0.1, 0.15) is 6.07 Å². The van der Waals surface area contributed by atoms with E-state index in [1.807, 2.05) is 31.2 Å². The fraction of sp³-hybridized carbons (Fsp3) is 0.188. The normalized spacial score (nSPS) is 10.0. The summed E-state index contributed by atoms with van der Waals surface area (Å²) in [6, 6.07) is 14.4. The number of halogens is 1. The molecule has 0 spiro atoms. The summed E-state index contributed by atoms with van der Waals surface area (Å²) >= 11 is 3.49. The highest BCUT2D eigenvalue weighted by Crippen LogP contribution is 2.21. The van der Waals surface area contributed by atoms with Gasteiger partial charge in [0.15, 0.2) is 0 Å². The van der Waals surface area contributed by atoms with Crippen LogP contribution in [0.2, 0.25) is 0 Å². The zero-order chi connectivity index (χ0) is 13.8. The summed E-state index contributed by atoms with van der Waals surface area (Å²) < 4.78 is 1.12. The second-order valence-corrected chi connectivity index (χ2v) is 5.40. The van der Waals surface area contributed by atoms with Crippen LogP contribution in [0.4, 0.5) is 5.69 Å². The molecule has 0 radical (unpaired) electrons. The van der Waals surface area contributed by atoms with Crippen molar-refractivity contribution in [1.82, 2.24) is 0 Å². The maximum atomic E-state index is 9.18. The Morgan fingerprint density at radius 2 is 1.95 bits per heavy atom. The number of nitriles is 1. The number of nitrogens with zero attached hydrogens (tertiary/aromatic N) is 1. The van der Waals surface area contributed by atoms with Crippen LogP contribution < -0.4 is 5.32 Å². The average molecular weight is 315 g/mol. The number of aryl methyl sites for hydroxylation is 2. The molecule has 96 valence electrons. The van der Waals surface area contributed by atoms with Gasteiger partial charge in [-0.2, -0.15) is 5.26 Å². The fourth-order valence-corrected chi connectivity index (χ4v) is 2.22. The van der Waals surface area contributed by atoms with Crippen LogP contribution in [0, 0.1) is 25.2 Å². The van der Waals surface area contributed by atoms with Gasteiger partial charge in [-0.05, 0) is 42.7 Å². The molecule has 0 fully saturated rings. The van der Waals surface area contributed by atoms with Gasteiger partial charge in [-0.1, -0.05) is 40.2 Å². The van der Waals surface area contributed by atoms with Gasteiger partial charge in [0.25, 0.3) is 0 Å². The lowest BCUT2D eigenvalue weighted by Crippen LogP contribution is -2.02. The quantitative estimate of drug-likeness (QED) is 0.902. The largest absolute Gasteiger partial charge is 0.380 e. The number of hydrogen-bond donors (Lipinski definition) is 1. The van der Waals surface area contributed by atoms with Gasteiger partial charge < -0.3 is 5.32 Å². The lowest BCUT2D eigenvalue weighted by atomic mass is 10.1. The fourth-order valence-electron chi connectivity index (χ4n) is 1.98. The van der Waals surface area contributed by atoms with Crippen molar-refractivity contribution in [2.45, 2.75) is 20.4 Å². The summed E-state index contributed by atoms with van der Waals surface area (Å²) in [6.07, 6.45) is 0. The van der Waals surface area contributed by atoms with E-state index in [2.05, 4.69) is 46.4 Å². The topological polar surface area (TPSA) is 35.8 Å². The first kappa shape index (κ1) is 13.6. The van der Waals surface area contributed by atoms with Crippen LogP contribution in [-0.2, 0) is 6.54 Å². The van der Waals surface area contributed by atoms with E-state index < -0.39 is 0 Å². The van der Waals surface area contributed by atoms with Crippen LogP contribution in [0.25, 0.3) is 0 Å². The number of anilines is 1. The minimum absolute atomic E-state index is 0.715. The van der Waals surface area contributed by atoms with E-state index in [-0.39, 0.29) is 0 Å². The van der Waals surface area contributed by atoms with E-state index in [0.717, 1.165) is 21.3 Å². The van der Waals surface area contributed by atoms with Crippen molar-refractivity contribution in [3.63, 3.8) is 0 Å². The van der Waals surface area contributed by atoms with Crippen molar-refractivity contribution in [3.8, 4) is 6.07 Å². The van der Waals surface area contributed by atoms with E-state index >= 15 is 0 Å². The highest BCUT2D eigenvalue weighted by Gasteiger charge is 2.04. The van der Waals surface area contributed by atoms with Crippen LogP contribution in [-0.4, -0.2) is 0 Å². The third-order valence-electron chi connectivity index (χ3n) is 3.09. The molecule has 3 heteroatoms. The molecular formula is C16H15BrN2. The molecule has 19 heavy (non-hydrogen) atoms. The van der Waals surface area contributed by atoms with Crippen LogP contribution >= 0.6 is 15.9 Å². The van der Waals surface area contributed by atoms with Crippen LogP contribution in [0.3, 0.4) is 0 Å². The first-order valence-electron chi connectivity index (χ1n) is 6.10. The predicted molar refractivity (Wildman–Crippen MR) is 82.1 cm³/mol. The molecule has 0 aliphatic carbocycles. The monoisotopic (exact) mass is 314 g/mol. The Labute approximate surface area is 122 Å². The smallest absolute Gasteiger partial charge is 0.102 e. The summed E-state index contributed by atoms with van der Waals surface area (Å²) in [5.74, 6) is 0. The summed E-state index contributed by atoms with van der Waals surface area (Å²) in [7, 11) is 0. The Bertz CT molecular complexity index is 642. The lowest BCUT2D eigenvalue weighted by molar-refractivity contribution is 1.13. The Morgan fingerprint density at radius 1 is 1.16 bits per heavy atom. The summed E-state index contributed by atoms with van der Waals surface area (Å²) in [4.78, 5) is 0. The van der Waals surface area contributed by atoms with Gasteiger partial charge in [0.05, 0.1) is 11.3 Å². The van der Waals surface area contributed by atoms with Gasteiger partial charge in [0.2, 0.25) is 0 Å². The van der Waals surface area contributed by atoms with Crippen LogP contribution in [0.5, 0.6) is 0 Å². The van der Waals surface area contributed by atoms with Crippen molar-refractivity contribution in [2.75, 3.05) is 5.32 Å². The molecule has 1 N–H and O–H groups in total. The molecule has 0 saturated heterocycles. The van der Waals surface area contributed by atoms with Crippen molar-refractivity contribution in [2.24, 2.45) is 0 Å². The summed E-state index contributed by atoms with van der Waals surface area (Å²) in [6.45, 7) is 4.74. The molecule has 0 bridgehead atoms. The van der Waals surface area contributed by atoms with Gasteiger partial charge in [-0.15, -0.1) is 0 Å². The SMILES string of the molecule is Cc1cc(CNc2cccc(C)c2C#N)ccc1Br. The molecule has 0 unspecified atom stereocenters. The lowest BCUT2D eigenvalue weighted by Gasteiger charge is -2.10. The first-order valence-corrected chi connectivity index (χ1v) is 6.89. The minimum atomic E-state index is 0.715. The standard InChI is InChI=1S/C16H15BrN2/c1-11-4-3-5-16(14(11)9-18)19-10-13-6-7-15(17)12(2)8-13/h3-8,19H,10H2,1-2H3. The van der Waals surface area contributed by atoms with E-state index in [1.165, 1.54) is 11.1 Å². The van der Waals surface area contributed by atoms with Crippen molar-refractivity contribution >= 4 is 21.6 Å². The van der Waals surface area contributed by atoms with Gasteiger partial charge in [0, 0.05) is 11.0 Å². The number of rotatable bonds is 3. The zero-order valence-electron chi connectivity index (χ0n) is 11.0. The van der Waals surface area contributed by atoms with E-state index in [0.29, 0.717) is 6.54 Å². The van der Waals surface area contributed by atoms with Crippen molar-refractivity contribution < 1.29 is 0 Å². The van der Waals surface area contributed by atoms with Gasteiger partial charge >= 0.3 is 0 Å². The second kappa shape index (κ2) is 5.90. The Hall–Kier alpha value is -1.79. The van der Waals surface area contributed by atoms with Crippen molar-refractivity contribution in [3.05, 3.63) is 63.1 Å². The third-order valence-corrected chi connectivity index (χ3v) is 3.98. The Kier molecular flexibility index (Phi) is 4.24. The molecule has 0 saturated carbocycles. The Balaban J connectivity index is 2.17. The molecule has 2 rings (SSSR count). The molecule has 0 aromatic heterocycles. The highest BCUT2D eigenvalue weighted by atomic mass is 79.9. The average Bonchev–Trinajstić information content (AvgIpc) is 2.40. The maximum Gasteiger partial charge on any atom is 0.102 e. The van der Waals surface area contributed by atoms with Crippen molar-refractivity contribution in [1.29, 1.82) is 5.26 Å². The zero-order valence-corrected chi connectivity index (χ0v) is 12.6. The third kappa shape index (κ3) is 3.15. The molecule has 0 aliphatic rings. The minimum Gasteiger partial charge on any atom is -0.380 e. The first-order chi connectivity index (χ1) is 9.11. The Morgan fingerprint density at radius 3 is 2.63 bits per heavy atom. The molecular weight excluding hydrogens is 300 g/mol. The van der Waals surface area contributed by atoms with E-state index in [1.54, 1.807) is 0 Å². The number of hydrogen-bond acceptors (Lipinski definition) is 2. The maximum absolute atomic E-state index is 9.18. The van der Waals surface area contributed by atoms with Gasteiger partial charge in [-0.25, -0.2) is 0 Å². The predicted octanol–water partition coefficient (Wildman–Crippen LogP) is 4.55. The molecule has 2 aromatic carbocycles. The summed E-state index contributed by atoms with van der Waals surface area (Å²) in [5.41, 5.74) is 5.02. The summed E-state index contributed by atoms with van der Waals surface area (Å²) in [5, 5.41) is 12.5. The van der Waals surface area contributed by atoms with Gasteiger partial charge in [-0.3, -0.25) is 0 Å². The molecule has 2 nitrogen and oxygen atoms in total.